The summed E-state index contributed by atoms with van der Waals surface area (Å²) in [5.41, 5.74) is 0.342. The van der Waals surface area contributed by atoms with Crippen LogP contribution in [0.1, 0.15) is 65.7 Å². The molecule has 35 heavy (non-hydrogen) atoms. The van der Waals surface area contributed by atoms with Gasteiger partial charge in [0.05, 0.1) is 16.8 Å². The van der Waals surface area contributed by atoms with Gasteiger partial charge < -0.3 is 15.5 Å². The Kier molecular flexibility index (Phi) is 7.47. The smallest absolute Gasteiger partial charge is 0.362 e. The molecular weight excluding hydrogens is 462 g/mol. The number of aryl methyl sites for hydroxylation is 1. The molecule has 2 N–H and O–H groups in total. The van der Waals surface area contributed by atoms with E-state index in [4.69, 9.17) is 9.97 Å². The average Bonchev–Trinajstić information content (AvgIpc) is 2.82. The van der Waals surface area contributed by atoms with Crippen LogP contribution in [0.4, 0.5) is 29.3 Å². The standard InChI is InChI=1S/C25H31F4N5O/c1-34(2)22-17-6-3-4-9-20(17)32-24(33-22)31-16-12-10-15(11-13-16)14-30-23(35)18-7-5-8-19(21(18)26)25(27,28)29/h5,7-8,15-16H,3-4,6,9-14H2,1-2H3,(H,30,35)(H,31,32,33). The highest BCUT2D eigenvalue weighted by Crippen LogP contribution is 2.33. The molecule has 0 unspecified atom stereocenters. The van der Waals surface area contributed by atoms with Gasteiger partial charge in [0, 0.05) is 32.2 Å². The molecule has 0 spiro atoms. The normalized spacial score (nSPS) is 20.2. The van der Waals surface area contributed by atoms with Crippen molar-refractivity contribution < 1.29 is 22.4 Å². The van der Waals surface area contributed by atoms with Crippen LogP contribution in [-0.4, -0.2) is 42.6 Å². The number of hydrogen-bond acceptors (Lipinski definition) is 5. The average molecular weight is 494 g/mol. The van der Waals surface area contributed by atoms with E-state index in [-0.39, 0.29) is 12.0 Å². The van der Waals surface area contributed by atoms with Crippen LogP contribution in [0.25, 0.3) is 0 Å². The van der Waals surface area contributed by atoms with Crippen molar-refractivity contribution in [3.05, 3.63) is 46.4 Å². The first kappa shape index (κ1) is 25.2. The second-order valence-corrected chi connectivity index (χ2v) is 9.63. The van der Waals surface area contributed by atoms with E-state index in [9.17, 15) is 22.4 Å². The Labute approximate surface area is 202 Å². The quantitative estimate of drug-likeness (QED) is 0.556. The molecule has 2 aliphatic carbocycles. The van der Waals surface area contributed by atoms with Crippen molar-refractivity contribution in [3.63, 3.8) is 0 Å². The maximum absolute atomic E-state index is 14.2. The maximum atomic E-state index is 14.2. The van der Waals surface area contributed by atoms with Crippen molar-refractivity contribution in [2.75, 3.05) is 30.9 Å². The number of amides is 1. The first-order valence-electron chi connectivity index (χ1n) is 12.1. The zero-order valence-electron chi connectivity index (χ0n) is 20.0. The van der Waals surface area contributed by atoms with Gasteiger partial charge in [-0.2, -0.15) is 18.2 Å². The Morgan fingerprint density at radius 3 is 2.49 bits per heavy atom. The Morgan fingerprint density at radius 1 is 1.09 bits per heavy atom. The molecule has 190 valence electrons. The minimum Gasteiger partial charge on any atom is -0.362 e. The van der Waals surface area contributed by atoms with E-state index in [0.29, 0.717) is 18.6 Å². The summed E-state index contributed by atoms with van der Waals surface area (Å²) < 4.78 is 53.0. The third-order valence-corrected chi connectivity index (χ3v) is 6.86. The molecule has 0 radical (unpaired) electrons. The second-order valence-electron chi connectivity index (χ2n) is 9.63. The molecule has 10 heteroatoms. The summed E-state index contributed by atoms with van der Waals surface area (Å²) in [5, 5.41) is 6.08. The number of anilines is 2. The predicted molar refractivity (Wildman–Crippen MR) is 126 cm³/mol. The molecule has 1 amide bonds. The van der Waals surface area contributed by atoms with Gasteiger partial charge in [-0.05, 0) is 69.4 Å². The summed E-state index contributed by atoms with van der Waals surface area (Å²) >= 11 is 0. The summed E-state index contributed by atoms with van der Waals surface area (Å²) in [6, 6.07) is 2.96. The number of nitrogens with zero attached hydrogens (tertiary/aromatic N) is 3. The lowest BCUT2D eigenvalue weighted by Gasteiger charge is -2.30. The third kappa shape index (κ3) is 5.85. The summed E-state index contributed by atoms with van der Waals surface area (Å²) in [6.07, 6.45) is 2.79. The minimum atomic E-state index is -4.85. The Hall–Kier alpha value is -2.91. The Bertz CT molecular complexity index is 1060. The Balaban J connectivity index is 1.31. The number of alkyl halides is 3. The second kappa shape index (κ2) is 10.4. The maximum Gasteiger partial charge on any atom is 0.419 e. The summed E-state index contributed by atoms with van der Waals surface area (Å²) in [5.74, 6) is -0.575. The zero-order valence-corrected chi connectivity index (χ0v) is 20.0. The molecule has 0 bridgehead atoms. The summed E-state index contributed by atoms with van der Waals surface area (Å²) in [7, 11) is 3.98. The van der Waals surface area contributed by atoms with E-state index >= 15 is 0 Å². The number of rotatable bonds is 6. The molecule has 1 aromatic carbocycles. The molecule has 0 atom stereocenters. The molecule has 4 rings (SSSR count). The number of nitrogens with one attached hydrogen (secondary N) is 2. The highest BCUT2D eigenvalue weighted by molar-refractivity contribution is 5.94. The summed E-state index contributed by atoms with van der Waals surface area (Å²) in [6.45, 7) is 0.293. The lowest BCUT2D eigenvalue weighted by atomic mass is 9.86. The van der Waals surface area contributed by atoms with Crippen molar-refractivity contribution in [1.29, 1.82) is 0 Å². The first-order valence-corrected chi connectivity index (χ1v) is 12.1. The topological polar surface area (TPSA) is 70.2 Å². The van der Waals surface area contributed by atoms with Crippen molar-refractivity contribution in [2.24, 2.45) is 5.92 Å². The van der Waals surface area contributed by atoms with Gasteiger partial charge in [0.15, 0.2) is 0 Å². The monoisotopic (exact) mass is 493 g/mol. The van der Waals surface area contributed by atoms with Gasteiger partial charge in [0.2, 0.25) is 5.95 Å². The highest BCUT2D eigenvalue weighted by Gasteiger charge is 2.35. The number of benzene rings is 1. The SMILES string of the molecule is CN(C)c1nc(NC2CCC(CNC(=O)c3cccc(C(F)(F)F)c3F)CC2)nc2c1CCCC2. The third-order valence-electron chi connectivity index (χ3n) is 6.86. The van der Waals surface area contributed by atoms with Crippen LogP contribution in [0, 0.1) is 11.7 Å². The highest BCUT2D eigenvalue weighted by atomic mass is 19.4. The van der Waals surface area contributed by atoms with Gasteiger partial charge in [-0.25, -0.2) is 9.37 Å². The molecular formula is C25H31F4N5O. The van der Waals surface area contributed by atoms with Gasteiger partial charge in [-0.15, -0.1) is 0 Å². The number of carbonyl (C=O) groups excluding carboxylic acids is 1. The van der Waals surface area contributed by atoms with E-state index in [1.807, 2.05) is 19.0 Å². The van der Waals surface area contributed by atoms with Gasteiger partial charge in [-0.3, -0.25) is 4.79 Å². The van der Waals surface area contributed by atoms with Gasteiger partial charge in [0.1, 0.15) is 11.6 Å². The Morgan fingerprint density at radius 2 is 1.80 bits per heavy atom. The molecule has 1 heterocycles. The van der Waals surface area contributed by atoms with Gasteiger partial charge >= 0.3 is 6.18 Å². The van der Waals surface area contributed by atoms with Crippen LogP contribution in [0.5, 0.6) is 0 Å². The largest absolute Gasteiger partial charge is 0.419 e. The van der Waals surface area contributed by atoms with E-state index < -0.39 is 29.0 Å². The van der Waals surface area contributed by atoms with Crippen molar-refractivity contribution >= 4 is 17.7 Å². The fourth-order valence-corrected chi connectivity index (χ4v) is 4.96. The minimum absolute atomic E-state index is 0.174. The number of halogens is 4. The molecule has 6 nitrogen and oxygen atoms in total. The van der Waals surface area contributed by atoms with E-state index in [1.165, 1.54) is 5.56 Å². The van der Waals surface area contributed by atoms with Crippen molar-refractivity contribution in [1.82, 2.24) is 15.3 Å². The molecule has 2 aliphatic rings. The fourth-order valence-electron chi connectivity index (χ4n) is 4.96. The first-order chi connectivity index (χ1) is 16.6. The van der Waals surface area contributed by atoms with Crippen LogP contribution in [-0.2, 0) is 19.0 Å². The van der Waals surface area contributed by atoms with E-state index in [2.05, 4.69) is 10.6 Å². The molecule has 2 aromatic rings. The summed E-state index contributed by atoms with van der Waals surface area (Å²) in [4.78, 5) is 23.9. The van der Waals surface area contributed by atoms with Crippen LogP contribution in [0.2, 0.25) is 0 Å². The van der Waals surface area contributed by atoms with E-state index in [0.717, 1.165) is 75.0 Å². The van der Waals surface area contributed by atoms with Crippen LogP contribution < -0.4 is 15.5 Å². The number of carbonyl (C=O) groups is 1. The number of hydrogen-bond donors (Lipinski definition) is 2. The number of aromatic nitrogens is 2. The number of fused-ring (bicyclic) bond motifs is 1. The molecule has 1 fully saturated rings. The van der Waals surface area contributed by atoms with Crippen molar-refractivity contribution in [3.8, 4) is 0 Å². The van der Waals surface area contributed by atoms with Crippen LogP contribution >= 0.6 is 0 Å². The molecule has 1 aromatic heterocycles. The lowest BCUT2D eigenvalue weighted by molar-refractivity contribution is -0.140. The fraction of sp³-hybridized carbons (Fsp3) is 0.560. The predicted octanol–water partition coefficient (Wildman–Crippen LogP) is 4.98. The molecule has 0 saturated heterocycles. The van der Waals surface area contributed by atoms with Crippen LogP contribution in [0.3, 0.4) is 0 Å². The van der Waals surface area contributed by atoms with E-state index in [1.54, 1.807) is 0 Å². The molecule has 1 saturated carbocycles. The van der Waals surface area contributed by atoms with Gasteiger partial charge in [-0.1, -0.05) is 6.07 Å². The zero-order chi connectivity index (χ0) is 25.2. The molecule has 0 aliphatic heterocycles. The van der Waals surface area contributed by atoms with Crippen molar-refractivity contribution in [2.45, 2.75) is 63.6 Å². The van der Waals surface area contributed by atoms with Gasteiger partial charge in [0.25, 0.3) is 5.91 Å². The van der Waals surface area contributed by atoms with Crippen LogP contribution in [0.15, 0.2) is 18.2 Å². The lowest BCUT2D eigenvalue weighted by Crippen LogP contribution is -2.35.